The van der Waals surface area contributed by atoms with Crippen LogP contribution in [0.3, 0.4) is 0 Å². The summed E-state index contributed by atoms with van der Waals surface area (Å²) in [6, 6.07) is 8.96. The standard InChI is InChI=1S/C15H10FNO3S/c16-11-5-3-10(4-6-11)15(18)20-9-12-8-19-14(17-12)13-2-1-7-21-13/h1-8H,9H2. The van der Waals surface area contributed by atoms with Gasteiger partial charge in [0.05, 0.1) is 10.4 Å². The second-order valence-electron chi connectivity index (χ2n) is 4.20. The first kappa shape index (κ1) is 13.5. The van der Waals surface area contributed by atoms with Crippen LogP contribution in [0.2, 0.25) is 0 Å². The molecular formula is C15H10FNO3S. The van der Waals surface area contributed by atoms with Crippen molar-refractivity contribution in [2.45, 2.75) is 6.61 Å². The van der Waals surface area contributed by atoms with Crippen LogP contribution in [0.4, 0.5) is 4.39 Å². The summed E-state index contributed by atoms with van der Waals surface area (Å²) in [5, 5.41) is 1.92. The van der Waals surface area contributed by atoms with Gasteiger partial charge < -0.3 is 9.15 Å². The maximum Gasteiger partial charge on any atom is 0.338 e. The van der Waals surface area contributed by atoms with E-state index in [9.17, 15) is 9.18 Å². The maximum atomic E-state index is 12.8. The first-order valence-corrected chi connectivity index (χ1v) is 7.01. The van der Waals surface area contributed by atoms with Crippen molar-refractivity contribution in [3.63, 3.8) is 0 Å². The van der Waals surface area contributed by atoms with Crippen molar-refractivity contribution in [1.29, 1.82) is 0 Å². The first-order valence-electron chi connectivity index (χ1n) is 6.13. The molecule has 1 aromatic carbocycles. The molecule has 0 unspecified atom stereocenters. The Labute approximate surface area is 123 Å². The predicted octanol–water partition coefficient (Wildman–Crippen LogP) is 3.90. The van der Waals surface area contributed by atoms with Gasteiger partial charge in [-0.1, -0.05) is 6.07 Å². The third kappa shape index (κ3) is 3.17. The fourth-order valence-electron chi connectivity index (χ4n) is 1.70. The van der Waals surface area contributed by atoms with E-state index in [0.717, 1.165) is 4.88 Å². The summed E-state index contributed by atoms with van der Waals surface area (Å²) in [5.41, 5.74) is 0.812. The summed E-state index contributed by atoms with van der Waals surface area (Å²) in [6.45, 7) is 0.00504. The van der Waals surface area contributed by atoms with E-state index in [1.165, 1.54) is 41.9 Å². The molecule has 4 nitrogen and oxygen atoms in total. The van der Waals surface area contributed by atoms with Gasteiger partial charge in [0, 0.05) is 0 Å². The predicted molar refractivity (Wildman–Crippen MR) is 75.3 cm³/mol. The zero-order valence-electron chi connectivity index (χ0n) is 10.8. The molecule has 0 aliphatic carbocycles. The summed E-state index contributed by atoms with van der Waals surface area (Å²) in [4.78, 5) is 16.9. The Balaban J connectivity index is 1.62. The number of rotatable bonds is 4. The third-order valence-electron chi connectivity index (χ3n) is 2.71. The lowest BCUT2D eigenvalue weighted by atomic mass is 10.2. The molecule has 3 rings (SSSR count). The molecule has 3 aromatic rings. The van der Waals surface area contributed by atoms with E-state index in [1.807, 2.05) is 17.5 Å². The molecule has 2 heterocycles. The number of halogens is 1. The number of ether oxygens (including phenoxy) is 1. The average Bonchev–Trinajstić information content (AvgIpc) is 3.16. The van der Waals surface area contributed by atoms with Gasteiger partial charge in [0.1, 0.15) is 24.4 Å². The van der Waals surface area contributed by atoms with Gasteiger partial charge in [-0.25, -0.2) is 14.2 Å². The van der Waals surface area contributed by atoms with E-state index in [4.69, 9.17) is 9.15 Å². The normalized spacial score (nSPS) is 10.5. The largest absolute Gasteiger partial charge is 0.455 e. The summed E-state index contributed by atoms with van der Waals surface area (Å²) in [6.07, 6.45) is 1.45. The molecule has 6 heteroatoms. The number of nitrogens with zero attached hydrogens (tertiary/aromatic N) is 1. The van der Waals surface area contributed by atoms with Crippen molar-refractivity contribution < 1.29 is 18.3 Å². The Morgan fingerprint density at radius 2 is 2.10 bits per heavy atom. The van der Waals surface area contributed by atoms with Crippen LogP contribution >= 0.6 is 11.3 Å². The number of benzene rings is 1. The molecule has 0 fully saturated rings. The number of carbonyl (C=O) groups excluding carboxylic acids is 1. The maximum absolute atomic E-state index is 12.8. The van der Waals surface area contributed by atoms with Gasteiger partial charge >= 0.3 is 5.97 Å². The molecule has 0 amide bonds. The van der Waals surface area contributed by atoms with Crippen molar-refractivity contribution in [3.8, 4) is 10.8 Å². The molecule has 0 spiro atoms. The van der Waals surface area contributed by atoms with Crippen LogP contribution < -0.4 is 0 Å². The number of oxazole rings is 1. The highest BCUT2D eigenvalue weighted by atomic mass is 32.1. The molecule has 21 heavy (non-hydrogen) atoms. The third-order valence-corrected chi connectivity index (χ3v) is 3.57. The second kappa shape index (κ2) is 5.88. The van der Waals surface area contributed by atoms with Crippen molar-refractivity contribution in [3.05, 3.63) is 65.1 Å². The number of hydrogen-bond donors (Lipinski definition) is 0. The van der Waals surface area contributed by atoms with E-state index in [-0.39, 0.29) is 6.61 Å². The number of esters is 1. The van der Waals surface area contributed by atoms with Crippen molar-refractivity contribution in [2.24, 2.45) is 0 Å². The smallest absolute Gasteiger partial charge is 0.338 e. The highest BCUT2D eigenvalue weighted by Crippen LogP contribution is 2.23. The van der Waals surface area contributed by atoms with Gasteiger partial charge in [0.15, 0.2) is 0 Å². The van der Waals surface area contributed by atoms with Crippen LogP contribution in [-0.4, -0.2) is 11.0 Å². The Hall–Kier alpha value is -2.47. The number of thiophene rings is 1. The van der Waals surface area contributed by atoms with Gasteiger partial charge in [0.2, 0.25) is 5.89 Å². The highest BCUT2D eigenvalue weighted by molar-refractivity contribution is 7.13. The van der Waals surface area contributed by atoms with Crippen molar-refractivity contribution in [2.75, 3.05) is 0 Å². The first-order chi connectivity index (χ1) is 10.2. The fourth-order valence-corrected chi connectivity index (χ4v) is 2.35. The lowest BCUT2D eigenvalue weighted by Crippen LogP contribution is -2.05. The van der Waals surface area contributed by atoms with Gasteiger partial charge in [-0.05, 0) is 35.7 Å². The zero-order valence-corrected chi connectivity index (χ0v) is 11.6. The minimum atomic E-state index is -0.532. The monoisotopic (exact) mass is 303 g/mol. The summed E-state index contributed by atoms with van der Waals surface area (Å²) in [7, 11) is 0. The van der Waals surface area contributed by atoms with E-state index < -0.39 is 11.8 Å². The summed E-state index contributed by atoms with van der Waals surface area (Å²) in [5.74, 6) is -0.433. The van der Waals surface area contributed by atoms with Crippen LogP contribution in [0.25, 0.3) is 10.8 Å². The molecule has 0 saturated carbocycles. The van der Waals surface area contributed by atoms with Crippen LogP contribution in [0.5, 0.6) is 0 Å². The molecular weight excluding hydrogens is 293 g/mol. The Kier molecular flexibility index (Phi) is 3.79. The zero-order chi connectivity index (χ0) is 14.7. The van der Waals surface area contributed by atoms with Crippen LogP contribution in [0.1, 0.15) is 16.1 Å². The van der Waals surface area contributed by atoms with E-state index >= 15 is 0 Å². The number of aromatic nitrogens is 1. The van der Waals surface area contributed by atoms with Crippen molar-refractivity contribution >= 4 is 17.3 Å². The van der Waals surface area contributed by atoms with E-state index in [1.54, 1.807) is 0 Å². The van der Waals surface area contributed by atoms with Gasteiger partial charge in [-0.2, -0.15) is 0 Å². The fraction of sp³-hybridized carbons (Fsp3) is 0.0667. The summed E-state index contributed by atoms with van der Waals surface area (Å²) >= 11 is 1.51. The molecule has 106 valence electrons. The second-order valence-corrected chi connectivity index (χ2v) is 5.15. The summed E-state index contributed by atoms with van der Waals surface area (Å²) < 4.78 is 23.2. The Morgan fingerprint density at radius 3 is 2.81 bits per heavy atom. The van der Waals surface area contributed by atoms with Gasteiger partial charge in [0.25, 0.3) is 0 Å². The van der Waals surface area contributed by atoms with Crippen molar-refractivity contribution in [1.82, 2.24) is 4.98 Å². The molecule has 2 aromatic heterocycles. The minimum Gasteiger partial charge on any atom is -0.455 e. The minimum absolute atomic E-state index is 0.00504. The quantitative estimate of drug-likeness (QED) is 0.686. The van der Waals surface area contributed by atoms with Gasteiger partial charge in [-0.15, -0.1) is 11.3 Å². The molecule has 0 atom stereocenters. The van der Waals surface area contributed by atoms with Gasteiger partial charge in [-0.3, -0.25) is 0 Å². The van der Waals surface area contributed by atoms with E-state index in [2.05, 4.69) is 4.98 Å². The topological polar surface area (TPSA) is 52.3 Å². The highest BCUT2D eigenvalue weighted by Gasteiger charge is 2.11. The Morgan fingerprint density at radius 1 is 1.29 bits per heavy atom. The van der Waals surface area contributed by atoms with Crippen LogP contribution in [0, 0.1) is 5.82 Å². The lowest BCUT2D eigenvalue weighted by molar-refractivity contribution is 0.0467. The van der Waals surface area contributed by atoms with Crippen LogP contribution in [0.15, 0.2) is 52.5 Å². The number of hydrogen-bond acceptors (Lipinski definition) is 5. The molecule has 0 radical (unpaired) electrons. The Bertz CT molecular complexity index is 735. The van der Waals surface area contributed by atoms with Crippen LogP contribution in [-0.2, 0) is 11.3 Å². The molecule has 0 bridgehead atoms. The number of carbonyl (C=O) groups is 1. The molecule has 0 aliphatic heterocycles. The van der Waals surface area contributed by atoms with E-state index in [0.29, 0.717) is 17.1 Å². The average molecular weight is 303 g/mol. The molecule has 0 saturated heterocycles. The SMILES string of the molecule is O=C(OCc1coc(-c2cccs2)n1)c1ccc(F)cc1. The lowest BCUT2D eigenvalue weighted by Gasteiger charge is -2.02. The molecule has 0 aliphatic rings. The molecule has 0 N–H and O–H groups in total.